The smallest absolute Gasteiger partial charge is 0.264 e. The average Bonchev–Trinajstić information content (AvgIpc) is 2.86. The Bertz CT molecular complexity index is 973. The molecule has 0 aliphatic carbocycles. The second-order valence-electron chi connectivity index (χ2n) is 4.44. The van der Waals surface area contributed by atoms with Gasteiger partial charge in [0.15, 0.2) is 0 Å². The SMILES string of the molecule is O=S(=O)(Nc1cc(F)cnc1F)c1c[nH]c2cc(Cl)ccc12. The summed E-state index contributed by atoms with van der Waals surface area (Å²) in [7, 11) is -4.12. The summed E-state index contributed by atoms with van der Waals surface area (Å²) in [6, 6.07) is 5.32. The summed E-state index contributed by atoms with van der Waals surface area (Å²) in [4.78, 5) is 5.78. The summed E-state index contributed by atoms with van der Waals surface area (Å²) in [5.74, 6) is -1.97. The molecule has 0 fully saturated rings. The first kappa shape index (κ1) is 14.7. The lowest BCUT2D eigenvalue weighted by Gasteiger charge is -2.07. The van der Waals surface area contributed by atoms with Crippen LogP contribution in [-0.4, -0.2) is 18.4 Å². The zero-order chi connectivity index (χ0) is 15.9. The van der Waals surface area contributed by atoms with E-state index < -0.39 is 27.5 Å². The van der Waals surface area contributed by atoms with Crippen molar-refractivity contribution in [3.05, 3.63) is 53.4 Å². The summed E-state index contributed by atoms with van der Waals surface area (Å²) < 4.78 is 53.2. The number of rotatable bonds is 3. The van der Waals surface area contributed by atoms with E-state index in [0.717, 1.165) is 0 Å². The van der Waals surface area contributed by atoms with Crippen molar-refractivity contribution in [3.8, 4) is 0 Å². The minimum Gasteiger partial charge on any atom is -0.360 e. The van der Waals surface area contributed by atoms with Crippen molar-refractivity contribution < 1.29 is 17.2 Å². The molecule has 0 amide bonds. The molecule has 2 N–H and O–H groups in total. The van der Waals surface area contributed by atoms with Gasteiger partial charge in [-0.2, -0.15) is 4.39 Å². The molecule has 114 valence electrons. The van der Waals surface area contributed by atoms with Gasteiger partial charge in [0.25, 0.3) is 10.0 Å². The Labute approximate surface area is 129 Å². The van der Waals surface area contributed by atoms with Crippen molar-refractivity contribution in [1.82, 2.24) is 9.97 Å². The molecule has 3 aromatic rings. The van der Waals surface area contributed by atoms with Crippen LogP contribution in [0.3, 0.4) is 0 Å². The third kappa shape index (κ3) is 2.62. The minimum atomic E-state index is -4.12. The van der Waals surface area contributed by atoms with Crippen molar-refractivity contribution in [1.29, 1.82) is 0 Å². The molecule has 5 nitrogen and oxygen atoms in total. The predicted octanol–water partition coefficient (Wildman–Crippen LogP) is 3.30. The number of halogens is 3. The fourth-order valence-corrected chi connectivity index (χ4v) is 3.38. The number of fused-ring (bicyclic) bond motifs is 1. The Morgan fingerprint density at radius 2 is 2.00 bits per heavy atom. The molecule has 0 spiro atoms. The first-order chi connectivity index (χ1) is 10.4. The fourth-order valence-electron chi connectivity index (χ4n) is 1.99. The van der Waals surface area contributed by atoms with Crippen molar-refractivity contribution in [3.63, 3.8) is 0 Å². The lowest BCUT2D eigenvalue weighted by Crippen LogP contribution is -2.14. The molecule has 1 aromatic carbocycles. The quantitative estimate of drug-likeness (QED) is 0.716. The number of nitrogens with zero attached hydrogens (tertiary/aromatic N) is 1. The highest BCUT2D eigenvalue weighted by molar-refractivity contribution is 7.93. The number of pyridine rings is 1. The summed E-state index contributed by atoms with van der Waals surface area (Å²) in [5, 5.41) is 0.813. The maximum atomic E-state index is 13.5. The van der Waals surface area contributed by atoms with E-state index in [-0.39, 0.29) is 4.90 Å². The molecule has 0 unspecified atom stereocenters. The summed E-state index contributed by atoms with van der Waals surface area (Å²) >= 11 is 5.83. The first-order valence-electron chi connectivity index (χ1n) is 5.97. The molecule has 0 radical (unpaired) electrons. The Balaban J connectivity index is 2.07. The maximum Gasteiger partial charge on any atom is 0.264 e. The number of hydrogen-bond acceptors (Lipinski definition) is 3. The molecular weight excluding hydrogens is 336 g/mol. The number of nitrogens with one attached hydrogen (secondary N) is 2. The molecule has 3 rings (SSSR count). The third-order valence-corrected chi connectivity index (χ3v) is 4.59. The van der Waals surface area contributed by atoms with Crippen LogP contribution in [0.25, 0.3) is 10.9 Å². The second kappa shape index (κ2) is 5.22. The van der Waals surface area contributed by atoms with Crippen LogP contribution >= 0.6 is 11.6 Å². The van der Waals surface area contributed by atoms with Crippen LogP contribution in [0.15, 0.2) is 41.6 Å². The van der Waals surface area contributed by atoms with E-state index in [0.29, 0.717) is 28.2 Å². The number of benzene rings is 1. The summed E-state index contributed by atoms with van der Waals surface area (Å²) in [5.41, 5.74) is -0.0611. The topological polar surface area (TPSA) is 74.8 Å². The van der Waals surface area contributed by atoms with Crippen LogP contribution in [0, 0.1) is 11.8 Å². The molecule has 0 aliphatic heterocycles. The van der Waals surface area contributed by atoms with Crippen LogP contribution in [0.1, 0.15) is 0 Å². The largest absolute Gasteiger partial charge is 0.360 e. The molecule has 0 saturated carbocycles. The molecular formula is C13H8ClF2N3O2S. The van der Waals surface area contributed by atoms with Gasteiger partial charge in [-0.25, -0.2) is 17.8 Å². The molecule has 22 heavy (non-hydrogen) atoms. The van der Waals surface area contributed by atoms with Crippen LogP contribution in [0.4, 0.5) is 14.5 Å². The summed E-state index contributed by atoms with van der Waals surface area (Å²) in [6.45, 7) is 0. The van der Waals surface area contributed by atoms with Crippen molar-refractivity contribution >= 4 is 38.2 Å². The van der Waals surface area contributed by atoms with Crippen molar-refractivity contribution in [2.24, 2.45) is 0 Å². The number of anilines is 1. The van der Waals surface area contributed by atoms with Gasteiger partial charge in [-0.15, -0.1) is 0 Å². The van der Waals surface area contributed by atoms with Gasteiger partial charge in [-0.05, 0) is 18.2 Å². The van der Waals surface area contributed by atoms with Crippen LogP contribution in [0.2, 0.25) is 5.02 Å². The Kier molecular flexibility index (Phi) is 3.50. The highest BCUT2D eigenvalue weighted by Gasteiger charge is 2.21. The van der Waals surface area contributed by atoms with Crippen LogP contribution < -0.4 is 4.72 Å². The predicted molar refractivity (Wildman–Crippen MR) is 78.3 cm³/mol. The fraction of sp³-hybridized carbons (Fsp3) is 0. The second-order valence-corrected chi connectivity index (χ2v) is 6.53. The number of sulfonamides is 1. The number of aromatic amines is 1. The normalized spacial score (nSPS) is 11.8. The highest BCUT2D eigenvalue weighted by Crippen LogP contribution is 2.27. The van der Waals surface area contributed by atoms with Crippen molar-refractivity contribution in [2.75, 3.05) is 4.72 Å². The zero-order valence-corrected chi connectivity index (χ0v) is 12.3. The molecule has 2 heterocycles. The minimum absolute atomic E-state index is 0.108. The first-order valence-corrected chi connectivity index (χ1v) is 7.83. The van der Waals surface area contributed by atoms with Gasteiger partial charge in [-0.1, -0.05) is 11.6 Å². The zero-order valence-electron chi connectivity index (χ0n) is 10.8. The Morgan fingerprint density at radius 3 is 2.77 bits per heavy atom. The third-order valence-electron chi connectivity index (χ3n) is 2.95. The van der Waals surface area contributed by atoms with E-state index >= 15 is 0 Å². The van der Waals surface area contributed by atoms with E-state index in [1.165, 1.54) is 18.3 Å². The van der Waals surface area contributed by atoms with Gasteiger partial charge < -0.3 is 4.98 Å². The number of aromatic nitrogens is 2. The molecule has 0 atom stereocenters. The Morgan fingerprint density at radius 1 is 1.23 bits per heavy atom. The van der Waals surface area contributed by atoms with Gasteiger partial charge in [0.2, 0.25) is 5.95 Å². The average molecular weight is 344 g/mol. The van der Waals surface area contributed by atoms with Gasteiger partial charge >= 0.3 is 0 Å². The molecule has 0 aliphatic rings. The molecule has 0 bridgehead atoms. The monoisotopic (exact) mass is 343 g/mol. The van der Waals surface area contributed by atoms with Gasteiger partial charge in [0.05, 0.1) is 6.20 Å². The van der Waals surface area contributed by atoms with E-state index in [1.807, 2.05) is 4.72 Å². The number of H-pyrrole nitrogens is 1. The van der Waals surface area contributed by atoms with Gasteiger partial charge in [-0.3, -0.25) is 4.72 Å². The van der Waals surface area contributed by atoms with E-state index in [1.54, 1.807) is 6.07 Å². The lowest BCUT2D eigenvalue weighted by atomic mass is 10.2. The Hall–Kier alpha value is -2.19. The molecule has 2 aromatic heterocycles. The highest BCUT2D eigenvalue weighted by atomic mass is 35.5. The van der Waals surface area contributed by atoms with Crippen molar-refractivity contribution in [2.45, 2.75) is 4.90 Å². The van der Waals surface area contributed by atoms with Gasteiger partial charge in [0, 0.05) is 28.2 Å². The van der Waals surface area contributed by atoms with E-state index in [2.05, 4.69) is 9.97 Å². The lowest BCUT2D eigenvalue weighted by molar-refractivity contribution is 0.563. The van der Waals surface area contributed by atoms with Gasteiger partial charge in [0.1, 0.15) is 16.4 Å². The van der Waals surface area contributed by atoms with E-state index in [9.17, 15) is 17.2 Å². The molecule has 0 saturated heterocycles. The standard InChI is InChI=1S/C13H8ClF2N3O2S/c14-7-1-2-9-10(3-7)17-6-12(9)22(20,21)19-11-4-8(15)5-18-13(11)16/h1-6,17,19H. The molecule has 9 heteroatoms. The van der Waals surface area contributed by atoms with E-state index in [4.69, 9.17) is 11.6 Å². The van der Waals surface area contributed by atoms with Crippen LogP contribution in [0.5, 0.6) is 0 Å². The summed E-state index contributed by atoms with van der Waals surface area (Å²) in [6.07, 6.45) is 1.90. The maximum absolute atomic E-state index is 13.5. The number of hydrogen-bond donors (Lipinski definition) is 2. The van der Waals surface area contributed by atoms with Crippen LogP contribution in [-0.2, 0) is 10.0 Å².